The minimum Gasteiger partial charge on any atom is -0.436 e. The molecule has 0 radical (unpaired) electrons. The number of anilines is 1. The first-order valence-electron chi connectivity index (χ1n) is 9.63. The molecule has 2 N–H and O–H groups in total. The van der Waals surface area contributed by atoms with Crippen LogP contribution in [0.4, 0.5) is 10.5 Å². The van der Waals surface area contributed by atoms with Crippen LogP contribution >= 0.6 is 0 Å². The summed E-state index contributed by atoms with van der Waals surface area (Å²) in [4.78, 5) is 39.2. The molecule has 0 fully saturated rings. The van der Waals surface area contributed by atoms with Crippen LogP contribution in [0.15, 0.2) is 48.5 Å². The van der Waals surface area contributed by atoms with Crippen LogP contribution in [0.2, 0.25) is 0 Å². The third kappa shape index (κ3) is 4.44. The highest BCUT2D eigenvalue weighted by Gasteiger charge is 2.34. The molecule has 0 unspecified atom stereocenters. The molecule has 0 spiro atoms. The van der Waals surface area contributed by atoms with Crippen molar-refractivity contribution in [3.8, 4) is 11.1 Å². The van der Waals surface area contributed by atoms with Crippen molar-refractivity contribution in [1.82, 2.24) is 10.6 Å². The minimum absolute atomic E-state index is 0.265. The molecule has 0 bridgehead atoms. The molecule has 0 aromatic heterocycles. The molecule has 3 rings (SSSR count). The molecule has 158 valence electrons. The molecular formula is C22H25N3O5. The maximum atomic E-state index is 13.2. The zero-order chi connectivity index (χ0) is 21.7. The third-order valence-corrected chi connectivity index (χ3v) is 4.92. The number of amides is 3. The molecule has 1 heterocycles. The smallest absolute Gasteiger partial charge is 0.407 e. The van der Waals surface area contributed by atoms with Crippen LogP contribution in [0.3, 0.4) is 0 Å². The molecule has 0 saturated heterocycles. The van der Waals surface area contributed by atoms with Crippen molar-refractivity contribution >= 4 is 23.6 Å². The van der Waals surface area contributed by atoms with Crippen LogP contribution in [0, 0.1) is 0 Å². The molecule has 0 saturated carbocycles. The van der Waals surface area contributed by atoms with Gasteiger partial charge in [-0.2, -0.15) is 0 Å². The van der Waals surface area contributed by atoms with Crippen LogP contribution in [-0.2, 0) is 19.1 Å². The topological polar surface area (TPSA) is 97.0 Å². The van der Waals surface area contributed by atoms with Gasteiger partial charge in [-0.05, 0) is 24.1 Å². The van der Waals surface area contributed by atoms with Gasteiger partial charge in [0.05, 0.1) is 12.3 Å². The number of nitrogens with one attached hydrogen (secondary N) is 2. The number of benzene rings is 2. The molecule has 2 aromatic carbocycles. The van der Waals surface area contributed by atoms with Gasteiger partial charge >= 0.3 is 6.09 Å². The van der Waals surface area contributed by atoms with E-state index < -0.39 is 24.1 Å². The van der Waals surface area contributed by atoms with Gasteiger partial charge in [-0.1, -0.05) is 42.5 Å². The largest absolute Gasteiger partial charge is 0.436 e. The number of carbonyl (C=O) groups is 3. The molecule has 3 amide bonds. The molecule has 8 nitrogen and oxygen atoms in total. The van der Waals surface area contributed by atoms with E-state index in [0.29, 0.717) is 12.2 Å². The van der Waals surface area contributed by atoms with Crippen molar-refractivity contribution in [3.05, 3.63) is 54.1 Å². The molecule has 8 heteroatoms. The summed E-state index contributed by atoms with van der Waals surface area (Å²) in [5, 5.41) is 5.23. The molecule has 2 aromatic rings. The molecule has 1 aliphatic heterocycles. The van der Waals surface area contributed by atoms with Crippen molar-refractivity contribution in [1.29, 1.82) is 0 Å². The molecule has 0 aliphatic carbocycles. The van der Waals surface area contributed by atoms with E-state index in [0.717, 1.165) is 16.8 Å². The van der Waals surface area contributed by atoms with Gasteiger partial charge in [-0.25, -0.2) is 4.79 Å². The zero-order valence-electron chi connectivity index (χ0n) is 17.2. The molecule has 30 heavy (non-hydrogen) atoms. The van der Waals surface area contributed by atoms with Gasteiger partial charge < -0.3 is 25.0 Å². The first-order chi connectivity index (χ1) is 14.4. The van der Waals surface area contributed by atoms with E-state index in [-0.39, 0.29) is 12.5 Å². The van der Waals surface area contributed by atoms with E-state index >= 15 is 0 Å². The first-order valence-corrected chi connectivity index (χ1v) is 9.63. The third-order valence-electron chi connectivity index (χ3n) is 4.92. The van der Waals surface area contributed by atoms with E-state index in [1.165, 1.54) is 18.9 Å². The number of likely N-dealkylation sites (N-methyl/N-ethyl adjacent to an activating group) is 1. The summed E-state index contributed by atoms with van der Waals surface area (Å²) in [6, 6.07) is 14.1. The van der Waals surface area contributed by atoms with Gasteiger partial charge in [0.2, 0.25) is 0 Å². The lowest BCUT2D eigenvalue weighted by Crippen LogP contribution is -2.45. The molecule has 1 aliphatic rings. The number of alkyl carbamates (subject to hydrolysis) is 1. The predicted octanol–water partition coefficient (Wildman–Crippen LogP) is 2.25. The summed E-state index contributed by atoms with van der Waals surface area (Å²) < 4.78 is 9.95. The fraction of sp³-hybridized carbons (Fsp3) is 0.318. The SMILES string of the molecule is COCCNC(=O)O[C@@H](C)C(=O)N[C@@H]1C(=O)N(C)c2ccccc2-c2ccccc21. The Labute approximate surface area is 175 Å². The standard InChI is InChI=1S/C22H25N3O5/c1-14(30-22(28)23-12-13-29-3)20(26)24-19-17-10-5-4-8-15(17)16-9-6-7-11-18(16)25(2)21(19)27/h4-11,14,19H,12-13H2,1-3H3,(H,23,28)(H,24,26)/t14-,19-/m0/s1. The monoisotopic (exact) mass is 411 g/mol. The number of hydrogen-bond acceptors (Lipinski definition) is 5. The summed E-state index contributed by atoms with van der Waals surface area (Å²) in [5.74, 6) is -0.845. The molecule has 2 atom stereocenters. The number of ether oxygens (including phenoxy) is 2. The zero-order valence-corrected chi connectivity index (χ0v) is 17.2. The highest BCUT2D eigenvalue weighted by atomic mass is 16.6. The summed E-state index contributed by atoms with van der Waals surface area (Å²) in [5.41, 5.74) is 3.21. The Kier molecular flexibility index (Phi) is 6.68. The van der Waals surface area contributed by atoms with Crippen molar-refractivity contribution < 1.29 is 23.9 Å². The fourth-order valence-electron chi connectivity index (χ4n) is 3.34. The Bertz CT molecular complexity index is 946. The summed E-state index contributed by atoms with van der Waals surface area (Å²) >= 11 is 0. The maximum absolute atomic E-state index is 13.2. The van der Waals surface area contributed by atoms with Gasteiger partial charge in [0, 0.05) is 26.3 Å². The quantitative estimate of drug-likeness (QED) is 0.711. The van der Waals surface area contributed by atoms with Crippen molar-refractivity contribution in [3.63, 3.8) is 0 Å². The Morgan fingerprint density at radius 1 is 1.10 bits per heavy atom. The predicted molar refractivity (Wildman–Crippen MR) is 112 cm³/mol. The van der Waals surface area contributed by atoms with Crippen LogP contribution in [0.1, 0.15) is 18.5 Å². The second kappa shape index (κ2) is 9.41. The van der Waals surface area contributed by atoms with Crippen molar-refractivity contribution in [2.45, 2.75) is 19.1 Å². The van der Waals surface area contributed by atoms with Gasteiger partial charge in [0.15, 0.2) is 6.10 Å². The van der Waals surface area contributed by atoms with Crippen molar-refractivity contribution in [2.24, 2.45) is 0 Å². The Morgan fingerprint density at radius 2 is 1.77 bits per heavy atom. The van der Waals surface area contributed by atoms with Gasteiger partial charge in [0.25, 0.3) is 11.8 Å². The fourth-order valence-corrected chi connectivity index (χ4v) is 3.34. The van der Waals surface area contributed by atoms with Crippen LogP contribution in [-0.4, -0.2) is 51.3 Å². The normalized spacial score (nSPS) is 16.0. The van der Waals surface area contributed by atoms with E-state index in [9.17, 15) is 14.4 Å². The highest BCUT2D eigenvalue weighted by molar-refractivity contribution is 6.06. The summed E-state index contributed by atoms with van der Waals surface area (Å²) in [6.45, 7) is 2.05. The summed E-state index contributed by atoms with van der Waals surface area (Å²) in [7, 11) is 3.19. The lowest BCUT2D eigenvalue weighted by atomic mass is 9.95. The Hall–Kier alpha value is -3.39. The number of carbonyl (C=O) groups excluding carboxylic acids is 3. The molecular weight excluding hydrogens is 386 g/mol. The Morgan fingerprint density at radius 3 is 2.50 bits per heavy atom. The number of methoxy groups -OCH3 is 1. The number of nitrogens with zero attached hydrogens (tertiary/aromatic N) is 1. The summed E-state index contributed by atoms with van der Waals surface area (Å²) in [6.07, 6.45) is -1.81. The van der Waals surface area contributed by atoms with E-state index in [4.69, 9.17) is 9.47 Å². The van der Waals surface area contributed by atoms with E-state index in [1.54, 1.807) is 7.05 Å². The van der Waals surface area contributed by atoms with Gasteiger partial charge in [0.1, 0.15) is 6.04 Å². The van der Waals surface area contributed by atoms with Gasteiger partial charge in [-0.3, -0.25) is 9.59 Å². The maximum Gasteiger partial charge on any atom is 0.407 e. The lowest BCUT2D eigenvalue weighted by Gasteiger charge is -2.24. The van der Waals surface area contributed by atoms with Crippen LogP contribution in [0.5, 0.6) is 0 Å². The van der Waals surface area contributed by atoms with Crippen LogP contribution in [0.25, 0.3) is 11.1 Å². The number of para-hydroxylation sites is 1. The average molecular weight is 411 g/mol. The van der Waals surface area contributed by atoms with Crippen molar-refractivity contribution in [2.75, 3.05) is 32.2 Å². The minimum atomic E-state index is -1.08. The van der Waals surface area contributed by atoms with Gasteiger partial charge in [-0.15, -0.1) is 0 Å². The number of rotatable bonds is 6. The van der Waals surface area contributed by atoms with E-state index in [1.807, 2.05) is 48.5 Å². The van der Waals surface area contributed by atoms with Crippen LogP contribution < -0.4 is 15.5 Å². The average Bonchev–Trinajstić information content (AvgIpc) is 2.84. The second-order valence-corrected chi connectivity index (χ2v) is 6.91. The van der Waals surface area contributed by atoms with E-state index in [2.05, 4.69) is 10.6 Å². The first kappa shape index (κ1) is 21.3. The number of fused-ring (bicyclic) bond motifs is 3. The number of hydrogen-bond donors (Lipinski definition) is 2. The second-order valence-electron chi connectivity index (χ2n) is 6.91. The lowest BCUT2D eigenvalue weighted by molar-refractivity contribution is -0.132. The highest BCUT2D eigenvalue weighted by Crippen LogP contribution is 2.39. The Balaban J connectivity index is 1.81.